The summed E-state index contributed by atoms with van der Waals surface area (Å²) in [4.78, 5) is 25.1. The van der Waals surface area contributed by atoms with Crippen LogP contribution in [0.1, 0.15) is 40.6 Å². The topological polar surface area (TPSA) is 58.2 Å². The van der Waals surface area contributed by atoms with Gasteiger partial charge in [-0.3, -0.25) is 9.59 Å². The zero-order chi connectivity index (χ0) is 18.5. The van der Waals surface area contributed by atoms with E-state index in [1.807, 2.05) is 62.4 Å². The Kier molecular flexibility index (Phi) is 5.68. The van der Waals surface area contributed by atoms with Crippen molar-refractivity contribution in [2.24, 2.45) is 0 Å². The third-order valence-corrected chi connectivity index (χ3v) is 5.46. The fourth-order valence-electron chi connectivity index (χ4n) is 2.86. The van der Waals surface area contributed by atoms with Crippen molar-refractivity contribution >= 4 is 38.9 Å². The van der Waals surface area contributed by atoms with Gasteiger partial charge in [0.1, 0.15) is 0 Å². The second kappa shape index (κ2) is 8.15. The van der Waals surface area contributed by atoms with E-state index >= 15 is 0 Å². The molecule has 0 aliphatic heterocycles. The van der Waals surface area contributed by atoms with Crippen LogP contribution in [0.5, 0.6) is 0 Å². The summed E-state index contributed by atoms with van der Waals surface area (Å²) in [5.41, 5.74) is 2.73. The largest absolute Gasteiger partial charge is 0.347 e. The van der Waals surface area contributed by atoms with Crippen molar-refractivity contribution in [2.75, 3.05) is 5.32 Å². The molecule has 0 spiro atoms. The fraction of sp³-hybridized carbons (Fsp3) is 0.238. The van der Waals surface area contributed by atoms with Crippen molar-refractivity contribution < 1.29 is 9.59 Å². The minimum absolute atomic E-state index is 0.00888. The van der Waals surface area contributed by atoms with Gasteiger partial charge in [-0.2, -0.15) is 0 Å². The van der Waals surface area contributed by atoms with Crippen LogP contribution >= 0.6 is 11.3 Å². The highest BCUT2D eigenvalue weighted by Crippen LogP contribution is 2.30. The van der Waals surface area contributed by atoms with Crippen LogP contribution in [-0.4, -0.2) is 11.8 Å². The second-order valence-electron chi connectivity index (χ2n) is 6.23. The molecule has 3 rings (SSSR count). The Hall–Kier alpha value is -2.66. The van der Waals surface area contributed by atoms with Gasteiger partial charge in [-0.15, -0.1) is 11.3 Å². The Bertz CT molecular complexity index is 946. The number of carbonyl (C=O) groups is 2. The predicted octanol–water partition coefficient (Wildman–Crippen LogP) is 4.88. The maximum absolute atomic E-state index is 12.6. The molecule has 5 heteroatoms. The molecular weight excluding hydrogens is 344 g/mol. The van der Waals surface area contributed by atoms with Gasteiger partial charge in [-0.1, -0.05) is 37.3 Å². The molecular formula is C21H22N2O2S. The highest BCUT2D eigenvalue weighted by Gasteiger charge is 2.14. The molecule has 2 amide bonds. The Morgan fingerprint density at radius 2 is 1.88 bits per heavy atom. The quantitative estimate of drug-likeness (QED) is 0.653. The standard InChI is InChI=1S/C21H22N2O2S/c1-3-7-19(24)23-16-9-6-8-15(12-16)13-22-21(25)20-14(2)17-10-4-5-11-18(17)26-20/h4-6,8-12H,3,7,13H2,1-2H3,(H,22,25)(H,23,24). The summed E-state index contributed by atoms with van der Waals surface area (Å²) in [5.74, 6) is -0.0568. The highest BCUT2D eigenvalue weighted by atomic mass is 32.1. The highest BCUT2D eigenvalue weighted by molar-refractivity contribution is 7.21. The molecule has 2 aromatic carbocycles. The third kappa shape index (κ3) is 4.11. The molecule has 0 aliphatic carbocycles. The van der Waals surface area contributed by atoms with E-state index in [1.165, 1.54) is 11.3 Å². The summed E-state index contributed by atoms with van der Waals surface area (Å²) < 4.78 is 1.12. The van der Waals surface area contributed by atoms with Crippen LogP contribution in [0.15, 0.2) is 48.5 Å². The molecule has 4 nitrogen and oxygen atoms in total. The minimum Gasteiger partial charge on any atom is -0.347 e. The number of hydrogen-bond acceptors (Lipinski definition) is 3. The number of aryl methyl sites for hydroxylation is 1. The van der Waals surface area contributed by atoms with Crippen molar-refractivity contribution in [3.05, 3.63) is 64.5 Å². The van der Waals surface area contributed by atoms with Crippen LogP contribution in [-0.2, 0) is 11.3 Å². The van der Waals surface area contributed by atoms with E-state index in [-0.39, 0.29) is 11.8 Å². The van der Waals surface area contributed by atoms with E-state index in [9.17, 15) is 9.59 Å². The van der Waals surface area contributed by atoms with Crippen molar-refractivity contribution in [1.82, 2.24) is 5.32 Å². The lowest BCUT2D eigenvalue weighted by Gasteiger charge is -2.08. The van der Waals surface area contributed by atoms with E-state index in [1.54, 1.807) is 0 Å². The number of thiophene rings is 1. The van der Waals surface area contributed by atoms with Crippen LogP contribution in [0, 0.1) is 6.92 Å². The molecule has 0 unspecified atom stereocenters. The lowest BCUT2D eigenvalue weighted by Crippen LogP contribution is -2.22. The summed E-state index contributed by atoms with van der Waals surface area (Å²) in [6, 6.07) is 15.6. The number of rotatable bonds is 6. The molecule has 0 saturated heterocycles. The van der Waals surface area contributed by atoms with E-state index in [2.05, 4.69) is 10.6 Å². The molecule has 3 aromatic rings. The van der Waals surface area contributed by atoms with Crippen LogP contribution in [0.2, 0.25) is 0 Å². The summed E-state index contributed by atoms with van der Waals surface area (Å²) in [6.45, 7) is 4.38. The van der Waals surface area contributed by atoms with Crippen LogP contribution in [0.25, 0.3) is 10.1 Å². The van der Waals surface area contributed by atoms with Crippen LogP contribution in [0.3, 0.4) is 0 Å². The van der Waals surface area contributed by atoms with Gasteiger partial charge in [0.15, 0.2) is 0 Å². The molecule has 1 heterocycles. The minimum atomic E-state index is -0.0656. The van der Waals surface area contributed by atoms with Gasteiger partial charge >= 0.3 is 0 Å². The van der Waals surface area contributed by atoms with Crippen LogP contribution in [0.4, 0.5) is 5.69 Å². The molecule has 0 aliphatic rings. The number of fused-ring (bicyclic) bond motifs is 1. The van der Waals surface area contributed by atoms with Gasteiger partial charge < -0.3 is 10.6 Å². The zero-order valence-corrected chi connectivity index (χ0v) is 15.8. The van der Waals surface area contributed by atoms with E-state index in [0.717, 1.165) is 38.2 Å². The number of amides is 2. The maximum Gasteiger partial charge on any atom is 0.261 e. The predicted molar refractivity (Wildman–Crippen MR) is 108 cm³/mol. The van der Waals surface area contributed by atoms with Gasteiger partial charge in [0.05, 0.1) is 4.88 Å². The number of nitrogens with one attached hydrogen (secondary N) is 2. The van der Waals surface area contributed by atoms with Crippen molar-refractivity contribution in [3.8, 4) is 0 Å². The Morgan fingerprint density at radius 1 is 1.08 bits per heavy atom. The van der Waals surface area contributed by atoms with Gasteiger partial charge in [-0.25, -0.2) is 0 Å². The normalized spacial score (nSPS) is 10.7. The number of anilines is 1. The first-order chi connectivity index (χ1) is 12.6. The molecule has 134 valence electrons. The second-order valence-corrected chi connectivity index (χ2v) is 7.29. The average molecular weight is 366 g/mol. The fourth-order valence-corrected chi connectivity index (χ4v) is 3.99. The SMILES string of the molecule is CCCC(=O)Nc1cccc(CNC(=O)c2sc3ccccc3c2C)c1. The van der Waals surface area contributed by atoms with Gasteiger partial charge in [0.25, 0.3) is 5.91 Å². The van der Waals surface area contributed by atoms with E-state index in [4.69, 9.17) is 0 Å². The molecule has 1 aromatic heterocycles. The van der Waals surface area contributed by atoms with E-state index < -0.39 is 0 Å². The lowest BCUT2D eigenvalue weighted by molar-refractivity contribution is -0.116. The van der Waals surface area contributed by atoms with Gasteiger partial charge in [0.2, 0.25) is 5.91 Å². The van der Waals surface area contributed by atoms with Crippen molar-refractivity contribution in [1.29, 1.82) is 0 Å². The smallest absolute Gasteiger partial charge is 0.261 e. The molecule has 0 atom stereocenters. The zero-order valence-electron chi connectivity index (χ0n) is 15.0. The molecule has 0 fully saturated rings. The Labute approximate surface area is 157 Å². The summed E-state index contributed by atoms with van der Waals surface area (Å²) in [6.07, 6.45) is 1.32. The maximum atomic E-state index is 12.6. The first-order valence-electron chi connectivity index (χ1n) is 8.73. The van der Waals surface area contributed by atoms with Crippen molar-refractivity contribution in [3.63, 3.8) is 0 Å². The Balaban J connectivity index is 1.67. The molecule has 0 radical (unpaired) electrons. The number of hydrogen-bond donors (Lipinski definition) is 2. The molecule has 2 N–H and O–H groups in total. The lowest BCUT2D eigenvalue weighted by atomic mass is 10.1. The van der Waals surface area contributed by atoms with E-state index in [0.29, 0.717) is 13.0 Å². The average Bonchev–Trinajstić information content (AvgIpc) is 2.97. The van der Waals surface area contributed by atoms with Crippen LogP contribution < -0.4 is 10.6 Å². The summed E-state index contributed by atoms with van der Waals surface area (Å²) in [5, 5.41) is 6.99. The first-order valence-corrected chi connectivity index (χ1v) is 9.55. The summed E-state index contributed by atoms with van der Waals surface area (Å²) in [7, 11) is 0. The Morgan fingerprint density at radius 3 is 2.65 bits per heavy atom. The first kappa shape index (κ1) is 18.1. The van der Waals surface area contributed by atoms with Crippen molar-refractivity contribution in [2.45, 2.75) is 33.2 Å². The third-order valence-electron chi connectivity index (χ3n) is 4.19. The molecule has 0 bridgehead atoms. The monoisotopic (exact) mass is 366 g/mol. The molecule has 26 heavy (non-hydrogen) atoms. The number of benzene rings is 2. The summed E-state index contributed by atoms with van der Waals surface area (Å²) >= 11 is 1.52. The number of carbonyl (C=O) groups excluding carboxylic acids is 2. The van der Waals surface area contributed by atoms with Gasteiger partial charge in [0, 0.05) is 23.4 Å². The van der Waals surface area contributed by atoms with Gasteiger partial charge in [-0.05, 0) is 48.1 Å². The molecule has 0 saturated carbocycles.